The molecule has 3 aromatic rings. The Balaban J connectivity index is 1.21. The third-order valence-corrected chi connectivity index (χ3v) is 10.6. The van der Waals surface area contributed by atoms with E-state index in [4.69, 9.17) is 9.15 Å². The maximum atomic E-state index is 13.8. The van der Waals surface area contributed by atoms with E-state index < -0.39 is 10.0 Å². The number of hydrogen-bond donors (Lipinski definition) is 0. The first-order valence-electron chi connectivity index (χ1n) is 14.8. The zero-order valence-electron chi connectivity index (χ0n) is 26.0. The lowest BCUT2D eigenvalue weighted by molar-refractivity contribution is 0.0779. The second-order valence-electron chi connectivity index (χ2n) is 12.1. The second kappa shape index (κ2) is 12.8. The van der Waals surface area contributed by atoms with Crippen LogP contribution in [0.4, 0.5) is 0 Å². The summed E-state index contributed by atoms with van der Waals surface area (Å²) < 4.78 is 40.0. The highest BCUT2D eigenvalue weighted by Gasteiger charge is 2.40. The summed E-state index contributed by atoms with van der Waals surface area (Å²) in [6.07, 6.45) is 4.06. The molecule has 5 rings (SSSR count). The van der Waals surface area contributed by atoms with Crippen LogP contribution < -0.4 is 4.74 Å². The number of aromatic nitrogens is 1. The fraction of sp³-hybridized carbons (Fsp3) is 0.500. The van der Waals surface area contributed by atoms with Crippen molar-refractivity contribution in [3.05, 3.63) is 76.5 Å². The fourth-order valence-corrected chi connectivity index (χ4v) is 7.92. The summed E-state index contributed by atoms with van der Waals surface area (Å²) in [5.74, 6) is 0.524. The molecule has 1 saturated heterocycles. The fourth-order valence-electron chi connectivity index (χ4n) is 5.87. The second-order valence-corrected chi connectivity index (χ2v) is 13.9. The maximum absolute atomic E-state index is 13.8. The number of carbonyl (C=O) groups is 1. The Bertz CT molecular complexity index is 1530. The number of methoxy groups -OCH3 is 1. The van der Waals surface area contributed by atoms with Gasteiger partial charge in [-0.2, -0.15) is 4.31 Å². The lowest BCUT2D eigenvalue weighted by Crippen LogP contribution is -2.34. The van der Waals surface area contributed by atoms with Crippen LogP contribution >= 0.6 is 0 Å². The molecule has 0 bridgehead atoms. The zero-order chi connectivity index (χ0) is 30.9. The number of likely N-dealkylation sites (N-methyl/N-ethyl adjacent to an activating group) is 1. The van der Waals surface area contributed by atoms with Crippen molar-refractivity contribution in [1.29, 1.82) is 0 Å². The predicted octanol–water partition coefficient (Wildman–Crippen LogP) is 4.06. The van der Waals surface area contributed by atoms with Gasteiger partial charge in [0.2, 0.25) is 15.9 Å². The number of carbonyl (C=O) groups excluding carboxylic acids is 1. The van der Waals surface area contributed by atoms with E-state index in [-0.39, 0.29) is 35.0 Å². The summed E-state index contributed by atoms with van der Waals surface area (Å²) in [7, 11) is 3.73. The van der Waals surface area contributed by atoms with E-state index in [0.29, 0.717) is 29.5 Å². The SMILES string of the molecule is COc1cc(C)c(S(=O)(=O)N(Cc2nc(C(=O)N(C)Cc3ccc(CN4CCC(N(C)C)C4)cc3)co2)C2CC2)c(C)c1. The summed E-state index contributed by atoms with van der Waals surface area (Å²) in [4.78, 5) is 24.2. The summed E-state index contributed by atoms with van der Waals surface area (Å²) >= 11 is 0. The average Bonchev–Trinajstić information content (AvgIpc) is 3.49. The van der Waals surface area contributed by atoms with Crippen LogP contribution in [0, 0.1) is 13.8 Å². The molecule has 1 aliphatic carbocycles. The van der Waals surface area contributed by atoms with Crippen molar-refractivity contribution in [3.8, 4) is 5.75 Å². The van der Waals surface area contributed by atoms with Crippen LogP contribution in [0.5, 0.6) is 5.75 Å². The van der Waals surface area contributed by atoms with Crippen LogP contribution in [0.2, 0.25) is 0 Å². The van der Waals surface area contributed by atoms with E-state index >= 15 is 0 Å². The summed E-state index contributed by atoms with van der Waals surface area (Å²) in [6, 6.07) is 12.3. The van der Waals surface area contributed by atoms with E-state index in [1.165, 1.54) is 22.6 Å². The number of oxazole rings is 1. The van der Waals surface area contributed by atoms with Crippen molar-refractivity contribution in [3.63, 3.8) is 0 Å². The minimum atomic E-state index is -3.83. The Hall–Kier alpha value is -3.25. The van der Waals surface area contributed by atoms with Crippen LogP contribution in [0.1, 0.15) is 57.9 Å². The van der Waals surface area contributed by atoms with Gasteiger partial charge in [-0.05, 0) is 81.6 Å². The van der Waals surface area contributed by atoms with Gasteiger partial charge in [0, 0.05) is 45.3 Å². The van der Waals surface area contributed by atoms with Gasteiger partial charge in [-0.25, -0.2) is 13.4 Å². The third kappa shape index (κ3) is 7.12. The van der Waals surface area contributed by atoms with Gasteiger partial charge >= 0.3 is 0 Å². The van der Waals surface area contributed by atoms with E-state index in [1.54, 1.807) is 45.0 Å². The van der Waals surface area contributed by atoms with Gasteiger partial charge in [0.25, 0.3) is 5.91 Å². The zero-order valence-corrected chi connectivity index (χ0v) is 26.9. The lowest BCUT2D eigenvalue weighted by atomic mass is 10.1. The van der Waals surface area contributed by atoms with Crippen LogP contribution in [-0.2, 0) is 29.7 Å². The maximum Gasteiger partial charge on any atom is 0.275 e. The van der Waals surface area contributed by atoms with Gasteiger partial charge in [0.15, 0.2) is 5.69 Å². The first kappa shape index (κ1) is 31.2. The van der Waals surface area contributed by atoms with E-state index in [1.807, 2.05) is 0 Å². The monoisotopic (exact) mass is 609 g/mol. The highest BCUT2D eigenvalue weighted by atomic mass is 32.2. The minimum absolute atomic E-state index is 0.0390. The van der Waals surface area contributed by atoms with Crippen molar-refractivity contribution in [1.82, 2.24) is 24.0 Å². The standard InChI is InChI=1S/C32H43N5O5S/c1-22-15-28(41-6)16-23(2)31(22)43(39,40)37(26-11-12-26)20-30-33-29(21-42-30)32(38)35(5)17-24-7-9-25(10-8-24)18-36-14-13-27(19-36)34(3)4/h7-10,15-16,21,26-27H,11-14,17-20H2,1-6H3. The normalized spacial score (nSPS) is 17.6. The quantitative estimate of drug-likeness (QED) is 0.303. The molecule has 2 aliphatic rings. The molecule has 1 amide bonds. The molecule has 43 heavy (non-hydrogen) atoms. The Kier molecular flexibility index (Phi) is 9.26. The number of aryl methyl sites for hydroxylation is 2. The lowest BCUT2D eigenvalue weighted by Gasteiger charge is -2.23. The molecule has 0 radical (unpaired) electrons. The molecule has 0 N–H and O–H groups in total. The first-order chi connectivity index (χ1) is 20.5. The number of hydrogen-bond acceptors (Lipinski definition) is 8. The molecule has 10 nitrogen and oxygen atoms in total. The van der Waals surface area contributed by atoms with Gasteiger partial charge in [-0.15, -0.1) is 0 Å². The number of rotatable bonds is 12. The topological polar surface area (TPSA) is 99.4 Å². The molecule has 1 saturated carbocycles. The smallest absolute Gasteiger partial charge is 0.275 e. The van der Waals surface area contributed by atoms with Crippen molar-refractivity contribution in [2.24, 2.45) is 0 Å². The Morgan fingerprint density at radius 1 is 1.00 bits per heavy atom. The number of nitrogens with zero attached hydrogens (tertiary/aromatic N) is 5. The predicted molar refractivity (Wildman–Crippen MR) is 164 cm³/mol. The third-order valence-electron chi connectivity index (χ3n) is 8.43. The van der Waals surface area contributed by atoms with Crippen molar-refractivity contribution in [2.45, 2.75) is 69.7 Å². The first-order valence-corrected chi connectivity index (χ1v) is 16.2. The molecule has 1 aliphatic heterocycles. The van der Waals surface area contributed by atoms with Gasteiger partial charge in [-0.3, -0.25) is 9.69 Å². The molecule has 2 aromatic carbocycles. The average molecular weight is 610 g/mol. The minimum Gasteiger partial charge on any atom is -0.497 e. The van der Waals surface area contributed by atoms with Crippen molar-refractivity contribution < 1.29 is 22.4 Å². The van der Waals surface area contributed by atoms with Crippen molar-refractivity contribution in [2.75, 3.05) is 41.3 Å². The number of benzene rings is 2. The highest BCUT2D eigenvalue weighted by molar-refractivity contribution is 7.89. The van der Waals surface area contributed by atoms with Gasteiger partial charge < -0.3 is 19.0 Å². The van der Waals surface area contributed by atoms with Crippen molar-refractivity contribution >= 4 is 15.9 Å². The van der Waals surface area contributed by atoms with Crippen LogP contribution in [0.3, 0.4) is 0 Å². The van der Waals surface area contributed by atoms with E-state index in [9.17, 15) is 13.2 Å². The Morgan fingerprint density at radius 2 is 1.65 bits per heavy atom. The Morgan fingerprint density at radius 3 is 2.23 bits per heavy atom. The van der Waals surface area contributed by atoms with Gasteiger partial charge in [-0.1, -0.05) is 24.3 Å². The summed E-state index contributed by atoms with van der Waals surface area (Å²) in [5, 5.41) is 0. The number of likely N-dealkylation sites (tertiary alicyclic amines) is 1. The number of amides is 1. The molecule has 0 spiro atoms. The highest BCUT2D eigenvalue weighted by Crippen LogP contribution is 2.36. The molecule has 1 atom stereocenters. The van der Waals surface area contributed by atoms with Crippen LogP contribution in [-0.4, -0.2) is 91.7 Å². The van der Waals surface area contributed by atoms with E-state index in [0.717, 1.165) is 38.0 Å². The summed E-state index contributed by atoms with van der Waals surface area (Å²) in [5.41, 5.74) is 3.67. The molecular weight excluding hydrogens is 566 g/mol. The van der Waals surface area contributed by atoms with Gasteiger partial charge in [0.05, 0.1) is 18.6 Å². The molecule has 2 heterocycles. The molecule has 1 unspecified atom stereocenters. The van der Waals surface area contributed by atoms with Gasteiger partial charge in [0.1, 0.15) is 12.0 Å². The molecule has 2 fully saturated rings. The van der Waals surface area contributed by atoms with Crippen LogP contribution in [0.15, 0.2) is 52.0 Å². The molecular formula is C32H43N5O5S. The van der Waals surface area contributed by atoms with Crippen LogP contribution in [0.25, 0.3) is 0 Å². The largest absolute Gasteiger partial charge is 0.497 e. The molecule has 1 aromatic heterocycles. The summed E-state index contributed by atoms with van der Waals surface area (Å²) in [6.45, 7) is 7.03. The molecule has 232 valence electrons. The molecule has 11 heteroatoms. The Labute approximate surface area is 255 Å². The number of sulfonamides is 1. The van der Waals surface area contributed by atoms with E-state index in [2.05, 4.69) is 53.1 Å². The number of ether oxygens (including phenoxy) is 1.